The molecule has 348 valence electrons. The number of carbonyl (C=O) groups excluding carboxylic acids is 6. The fourth-order valence-electron chi connectivity index (χ4n) is 10.1. The third-order valence-electron chi connectivity index (χ3n) is 13.6. The van der Waals surface area contributed by atoms with E-state index in [1.165, 1.54) is 26.0 Å². The van der Waals surface area contributed by atoms with E-state index in [4.69, 9.17) is 28.4 Å². The van der Waals surface area contributed by atoms with Crippen LogP contribution >= 0.6 is 9.24 Å². The van der Waals surface area contributed by atoms with E-state index in [0.717, 1.165) is 6.92 Å². The number of hydrogen-bond acceptors (Lipinski definition) is 17. The summed E-state index contributed by atoms with van der Waals surface area (Å²) in [4.78, 5) is 87.1. The maximum atomic E-state index is 15.1. The largest absolute Gasteiger partial charge is 0.455 e. The molecule has 2 heterocycles. The first-order valence-corrected chi connectivity index (χ1v) is 21.9. The summed E-state index contributed by atoms with van der Waals surface area (Å²) in [6.45, 7) is 14.1. The molecule has 19 heteroatoms. The first kappa shape index (κ1) is 48.4. The Bertz CT molecular complexity index is 2000. The van der Waals surface area contributed by atoms with Crippen molar-refractivity contribution in [1.82, 2.24) is 15.1 Å². The summed E-state index contributed by atoms with van der Waals surface area (Å²) in [6.07, 6.45) is -11.3. The lowest BCUT2D eigenvalue weighted by Crippen LogP contribution is -2.81. The molecule has 1 aromatic rings. The molecule has 2 saturated heterocycles. The van der Waals surface area contributed by atoms with Crippen molar-refractivity contribution in [3.05, 3.63) is 47.0 Å². The average Bonchev–Trinajstić information content (AvgIpc) is 3.18. The van der Waals surface area contributed by atoms with Gasteiger partial charge in [0, 0.05) is 51.4 Å². The van der Waals surface area contributed by atoms with Crippen molar-refractivity contribution >= 4 is 45.0 Å². The molecule has 6 rings (SSSR count). The second-order valence-electron chi connectivity index (χ2n) is 19.3. The number of fused-ring (bicyclic) bond motifs is 5. The highest BCUT2D eigenvalue weighted by Gasteiger charge is 2.78. The van der Waals surface area contributed by atoms with E-state index in [-0.39, 0.29) is 36.3 Å². The van der Waals surface area contributed by atoms with Crippen LogP contribution < -0.4 is 5.32 Å². The molecule has 2 saturated carbocycles. The van der Waals surface area contributed by atoms with Crippen molar-refractivity contribution in [3.8, 4) is 0 Å². The van der Waals surface area contributed by atoms with Crippen LogP contribution in [0.15, 0.2) is 41.5 Å². The van der Waals surface area contributed by atoms with Crippen molar-refractivity contribution < 1.29 is 72.5 Å². The molecule has 4 fully saturated rings. The zero-order chi connectivity index (χ0) is 46.6. The number of aliphatic hydroxyl groups is 3. The lowest BCUT2D eigenvalue weighted by molar-refractivity contribution is -0.346. The Kier molecular flexibility index (Phi) is 13.6. The summed E-state index contributed by atoms with van der Waals surface area (Å²) in [5.74, 6) is -7.42. The van der Waals surface area contributed by atoms with Gasteiger partial charge in [0.05, 0.1) is 41.9 Å². The highest BCUT2D eigenvalue weighted by molar-refractivity contribution is 7.17. The van der Waals surface area contributed by atoms with Crippen LogP contribution in [0.2, 0.25) is 0 Å². The van der Waals surface area contributed by atoms with Gasteiger partial charge in [0.2, 0.25) is 6.10 Å². The lowest BCUT2D eigenvalue weighted by atomic mass is 9.44. The smallest absolute Gasteiger partial charge is 0.408 e. The van der Waals surface area contributed by atoms with E-state index < -0.39 is 118 Å². The van der Waals surface area contributed by atoms with Crippen LogP contribution in [-0.2, 0) is 47.6 Å². The predicted octanol–water partition coefficient (Wildman–Crippen LogP) is 1.52. The van der Waals surface area contributed by atoms with E-state index in [2.05, 4.69) is 19.5 Å². The standard InChI is InChI=1S/C44H62N3O15P/c1-23-26(58-38(54)32(36(63)45-39(55)62-40(3,4)5)59-29(50)21-47-17-15-46(9)16-18-47)20-44(56)35(60-37(53)25-13-11-10-12-14-25)33-42(8,34(52)31(51)30(23)41(44,6)7)27(49)19-28-43(33,22-57-28)61-24(2)48/h10-14,26-28,31-33,35-36,49,51,56H,15-22,63H2,1-9H3,(H,45,55)/t26-,27-,28+,31+,32+,33?,35-,36-,42+,43-,44+/m0/s1. The number of nitrogens with one attached hydrogen (secondary N) is 1. The maximum absolute atomic E-state index is 15.1. The third-order valence-corrected chi connectivity index (χ3v) is 14.1. The number of esters is 4. The van der Waals surface area contributed by atoms with Gasteiger partial charge in [0.25, 0.3) is 0 Å². The highest BCUT2D eigenvalue weighted by Crippen LogP contribution is 2.64. The molecular weight excluding hydrogens is 841 g/mol. The van der Waals surface area contributed by atoms with E-state index >= 15 is 4.79 Å². The number of rotatable bonds is 10. The second kappa shape index (κ2) is 17.7. The Labute approximate surface area is 369 Å². The number of benzene rings is 1. The number of nitrogens with zero attached hydrogens (tertiary/aromatic N) is 2. The average molecular weight is 904 g/mol. The van der Waals surface area contributed by atoms with Crippen molar-refractivity contribution in [2.24, 2.45) is 16.7 Å². The van der Waals surface area contributed by atoms with Crippen LogP contribution in [0, 0.1) is 16.7 Å². The molecule has 0 radical (unpaired) electrons. The number of piperazine rings is 1. The van der Waals surface area contributed by atoms with Gasteiger partial charge in [-0.15, -0.1) is 9.24 Å². The molecule has 1 aromatic carbocycles. The molecule has 12 atom stereocenters. The summed E-state index contributed by atoms with van der Waals surface area (Å²) < 4.78 is 35.5. The highest BCUT2D eigenvalue weighted by atomic mass is 31.0. The molecule has 2 unspecified atom stereocenters. The number of hydrogen-bond donors (Lipinski definition) is 4. The molecule has 3 aliphatic carbocycles. The normalized spacial score (nSPS) is 34.0. The molecule has 5 aliphatic rings. The summed E-state index contributed by atoms with van der Waals surface area (Å²) in [7, 11) is 4.20. The molecule has 2 bridgehead atoms. The quantitative estimate of drug-likeness (QED) is 0.113. The maximum Gasteiger partial charge on any atom is 0.408 e. The molecule has 63 heavy (non-hydrogen) atoms. The minimum absolute atomic E-state index is 0.0712. The van der Waals surface area contributed by atoms with Crippen LogP contribution in [0.3, 0.4) is 0 Å². The minimum Gasteiger partial charge on any atom is -0.455 e. The zero-order valence-electron chi connectivity index (χ0n) is 37.4. The second-order valence-corrected chi connectivity index (χ2v) is 20.0. The Morgan fingerprint density at radius 3 is 2.22 bits per heavy atom. The first-order valence-electron chi connectivity index (χ1n) is 21.2. The predicted molar refractivity (Wildman–Crippen MR) is 226 cm³/mol. The monoisotopic (exact) mass is 903 g/mol. The fraction of sp³-hybridized carbons (Fsp3) is 0.682. The van der Waals surface area contributed by atoms with Crippen LogP contribution in [-0.4, -0.2) is 166 Å². The molecule has 0 spiro atoms. The Morgan fingerprint density at radius 1 is 1.02 bits per heavy atom. The summed E-state index contributed by atoms with van der Waals surface area (Å²) >= 11 is 0. The van der Waals surface area contributed by atoms with E-state index in [0.29, 0.717) is 26.2 Å². The van der Waals surface area contributed by atoms with Gasteiger partial charge in [-0.3, -0.25) is 19.3 Å². The van der Waals surface area contributed by atoms with E-state index in [1.54, 1.807) is 52.8 Å². The number of Topliss-reactive ketones (excluding diaryl/α,β-unsaturated/α-hetero) is 1. The molecule has 2 aliphatic heterocycles. The molecule has 0 aromatic heterocycles. The minimum atomic E-state index is -2.38. The summed E-state index contributed by atoms with van der Waals surface area (Å²) in [5.41, 5.74) is -8.57. The number of ketones is 1. The van der Waals surface area contributed by atoms with Crippen LogP contribution in [0.5, 0.6) is 0 Å². The van der Waals surface area contributed by atoms with Gasteiger partial charge in [0.15, 0.2) is 11.4 Å². The number of alkyl carbamates (subject to hydrolysis) is 1. The Balaban J connectivity index is 1.45. The molecule has 18 nitrogen and oxygen atoms in total. The van der Waals surface area contributed by atoms with Crippen LogP contribution in [0.1, 0.15) is 78.6 Å². The molecule has 1 amide bonds. The number of carbonyl (C=O) groups is 6. The van der Waals surface area contributed by atoms with Gasteiger partial charge in [0.1, 0.15) is 35.6 Å². The van der Waals surface area contributed by atoms with Crippen molar-refractivity contribution in [1.29, 1.82) is 0 Å². The van der Waals surface area contributed by atoms with Crippen molar-refractivity contribution in [2.75, 3.05) is 46.4 Å². The summed E-state index contributed by atoms with van der Waals surface area (Å²) in [5, 5.41) is 40.3. The Morgan fingerprint density at radius 2 is 1.65 bits per heavy atom. The zero-order valence-corrected chi connectivity index (χ0v) is 38.5. The third kappa shape index (κ3) is 9.01. The molecule has 4 N–H and O–H groups in total. The van der Waals surface area contributed by atoms with Gasteiger partial charge in [-0.05, 0) is 64.9 Å². The number of likely N-dealkylation sites (N-methyl/N-ethyl adjacent to an activating group) is 1. The lowest BCUT2D eigenvalue weighted by Gasteiger charge is -2.67. The number of ether oxygens (including phenoxy) is 6. The fourth-order valence-corrected chi connectivity index (χ4v) is 10.5. The van der Waals surface area contributed by atoms with E-state index in [1.807, 2.05) is 11.9 Å². The van der Waals surface area contributed by atoms with Gasteiger partial charge >= 0.3 is 30.0 Å². The van der Waals surface area contributed by atoms with Crippen LogP contribution in [0.4, 0.5) is 4.79 Å². The number of aliphatic hydroxyl groups excluding tert-OH is 2. The van der Waals surface area contributed by atoms with Crippen LogP contribution in [0.25, 0.3) is 0 Å². The van der Waals surface area contributed by atoms with E-state index in [9.17, 15) is 39.3 Å². The van der Waals surface area contributed by atoms with Gasteiger partial charge in [-0.25, -0.2) is 14.4 Å². The topological polar surface area (TPSA) is 237 Å². The SMILES string of the molecule is CC(=O)O[C@@]12CO[C@@H]1C[C@H](O)[C@@]1(C)C(=O)[C@H](O)C3=C(C)[C@@H](OC(=O)[C@H](OC(=O)CN4CCN(C)CC4)[C@H](P)NC(=O)OC(C)(C)C)C[C@@](O)([C@@H](OC(=O)c4ccccc4)C12)C3(C)C. The molecular formula is C44H62N3O15P. The Hall–Kier alpha value is -4.03. The van der Waals surface area contributed by atoms with Gasteiger partial charge < -0.3 is 54.0 Å². The van der Waals surface area contributed by atoms with Crippen molar-refractivity contribution in [2.45, 2.75) is 127 Å². The van der Waals surface area contributed by atoms with Gasteiger partial charge in [-0.2, -0.15) is 0 Å². The summed E-state index contributed by atoms with van der Waals surface area (Å²) in [6, 6.07) is 7.85. The van der Waals surface area contributed by atoms with Gasteiger partial charge in [-0.1, -0.05) is 32.0 Å². The number of amides is 1. The first-order chi connectivity index (χ1) is 29.3. The van der Waals surface area contributed by atoms with Crippen molar-refractivity contribution in [3.63, 3.8) is 0 Å².